The SMILES string of the molecule is Cc1cc(F)cc(C2CCOC2)c1OCC(=O)CN=Cc1cccc2[nH]ccc12. The first-order valence-corrected chi connectivity index (χ1v) is 9.70. The van der Waals surface area contributed by atoms with Crippen LogP contribution in [0.15, 0.2) is 47.6 Å². The van der Waals surface area contributed by atoms with Crippen molar-refractivity contribution in [1.82, 2.24) is 4.98 Å². The molecule has 0 bridgehead atoms. The summed E-state index contributed by atoms with van der Waals surface area (Å²) in [5, 5.41) is 1.06. The minimum atomic E-state index is -0.299. The van der Waals surface area contributed by atoms with Gasteiger partial charge in [-0.05, 0) is 43.2 Å². The van der Waals surface area contributed by atoms with Crippen LogP contribution in [0.25, 0.3) is 10.9 Å². The van der Waals surface area contributed by atoms with Gasteiger partial charge in [-0.1, -0.05) is 12.1 Å². The predicted octanol–water partition coefficient (Wildman–Crippen LogP) is 4.19. The van der Waals surface area contributed by atoms with Crippen molar-refractivity contribution < 1.29 is 18.7 Å². The second-order valence-electron chi connectivity index (χ2n) is 7.28. The van der Waals surface area contributed by atoms with E-state index in [-0.39, 0.29) is 30.7 Å². The molecule has 0 saturated carbocycles. The molecule has 1 aliphatic rings. The summed E-state index contributed by atoms with van der Waals surface area (Å²) in [7, 11) is 0. The largest absolute Gasteiger partial charge is 0.485 e. The molecule has 0 spiro atoms. The summed E-state index contributed by atoms with van der Waals surface area (Å²) in [4.78, 5) is 19.7. The molecule has 1 aromatic heterocycles. The number of rotatable bonds is 7. The van der Waals surface area contributed by atoms with Crippen molar-refractivity contribution >= 4 is 22.9 Å². The third kappa shape index (κ3) is 4.38. The lowest BCUT2D eigenvalue weighted by Gasteiger charge is -2.17. The molecule has 1 unspecified atom stereocenters. The number of aromatic nitrogens is 1. The zero-order valence-electron chi connectivity index (χ0n) is 16.3. The highest BCUT2D eigenvalue weighted by molar-refractivity contribution is 5.99. The molecule has 0 amide bonds. The van der Waals surface area contributed by atoms with Crippen LogP contribution in [-0.2, 0) is 9.53 Å². The molecule has 1 atom stereocenters. The van der Waals surface area contributed by atoms with Crippen LogP contribution in [0.2, 0.25) is 0 Å². The summed E-state index contributed by atoms with van der Waals surface area (Å²) in [6, 6.07) is 10.8. The van der Waals surface area contributed by atoms with Crippen molar-refractivity contribution in [2.45, 2.75) is 19.3 Å². The lowest BCUT2D eigenvalue weighted by molar-refractivity contribution is -0.119. The zero-order chi connectivity index (χ0) is 20.2. The normalized spacial score (nSPS) is 16.7. The molecular weight excluding hydrogens is 371 g/mol. The Morgan fingerprint density at radius 1 is 1.38 bits per heavy atom. The van der Waals surface area contributed by atoms with E-state index in [1.165, 1.54) is 12.1 Å². The van der Waals surface area contributed by atoms with Crippen LogP contribution in [0.3, 0.4) is 0 Å². The number of benzene rings is 2. The number of ether oxygens (including phenoxy) is 2. The molecule has 150 valence electrons. The van der Waals surface area contributed by atoms with Gasteiger partial charge in [-0.3, -0.25) is 9.79 Å². The number of ketones is 1. The fraction of sp³-hybridized carbons (Fsp3) is 0.304. The molecule has 1 N–H and O–H groups in total. The highest BCUT2D eigenvalue weighted by Gasteiger charge is 2.24. The maximum absolute atomic E-state index is 13.9. The van der Waals surface area contributed by atoms with Crippen molar-refractivity contribution in [1.29, 1.82) is 0 Å². The molecule has 6 heteroatoms. The molecule has 2 aromatic carbocycles. The first-order valence-electron chi connectivity index (χ1n) is 9.70. The third-order valence-corrected chi connectivity index (χ3v) is 5.14. The van der Waals surface area contributed by atoms with Crippen LogP contribution >= 0.6 is 0 Å². The fourth-order valence-corrected chi connectivity index (χ4v) is 3.70. The summed E-state index contributed by atoms with van der Waals surface area (Å²) in [5.74, 6) is 0.233. The Kier molecular flexibility index (Phi) is 5.71. The van der Waals surface area contributed by atoms with Gasteiger partial charge in [0.05, 0.1) is 6.61 Å². The number of H-pyrrole nitrogens is 1. The van der Waals surface area contributed by atoms with E-state index < -0.39 is 0 Å². The Morgan fingerprint density at radius 2 is 2.28 bits per heavy atom. The summed E-state index contributed by atoms with van der Waals surface area (Å²) in [6.07, 6.45) is 4.40. The Hall–Kier alpha value is -2.99. The van der Waals surface area contributed by atoms with Crippen LogP contribution in [0.4, 0.5) is 4.39 Å². The average molecular weight is 394 g/mol. The quantitative estimate of drug-likeness (QED) is 0.611. The van der Waals surface area contributed by atoms with Crippen LogP contribution in [0, 0.1) is 12.7 Å². The van der Waals surface area contributed by atoms with E-state index >= 15 is 0 Å². The highest BCUT2D eigenvalue weighted by Crippen LogP contribution is 2.35. The van der Waals surface area contributed by atoms with E-state index in [4.69, 9.17) is 9.47 Å². The predicted molar refractivity (Wildman–Crippen MR) is 111 cm³/mol. The molecule has 3 aromatic rings. The first kappa shape index (κ1) is 19.3. The molecule has 5 nitrogen and oxygen atoms in total. The number of Topliss-reactive ketones (excluding diaryl/α,β-unsaturated/α-hetero) is 1. The summed E-state index contributed by atoms with van der Waals surface area (Å²) < 4.78 is 25.1. The second-order valence-corrected chi connectivity index (χ2v) is 7.28. The van der Waals surface area contributed by atoms with Crippen LogP contribution in [-0.4, -0.2) is 43.3 Å². The standard InChI is InChI=1S/C23H23FN2O3/c1-15-9-18(24)10-21(17-6-8-28-13-17)23(15)29-14-19(27)12-25-11-16-3-2-4-22-20(16)5-7-26-22/h2-5,7,9-11,17,26H,6,8,12-14H2,1H3. The number of fused-ring (bicyclic) bond motifs is 1. The van der Waals surface area contributed by atoms with Crippen molar-refractivity contribution in [2.24, 2.45) is 4.99 Å². The van der Waals surface area contributed by atoms with Crippen molar-refractivity contribution in [3.05, 3.63) is 65.1 Å². The van der Waals surface area contributed by atoms with Gasteiger partial charge < -0.3 is 14.5 Å². The number of hydrogen-bond donors (Lipinski definition) is 1. The smallest absolute Gasteiger partial charge is 0.191 e. The van der Waals surface area contributed by atoms with Gasteiger partial charge in [-0.2, -0.15) is 0 Å². The van der Waals surface area contributed by atoms with E-state index in [2.05, 4.69) is 9.98 Å². The number of aliphatic imine (C=N–C) groups is 1. The lowest BCUT2D eigenvalue weighted by Crippen LogP contribution is -2.16. The summed E-state index contributed by atoms with van der Waals surface area (Å²) in [6.45, 7) is 2.92. The van der Waals surface area contributed by atoms with Crippen LogP contribution < -0.4 is 4.74 Å². The van der Waals surface area contributed by atoms with Gasteiger partial charge in [-0.15, -0.1) is 0 Å². The molecule has 1 aliphatic heterocycles. The average Bonchev–Trinajstić information content (AvgIpc) is 3.39. The Balaban J connectivity index is 1.40. The van der Waals surface area contributed by atoms with E-state index in [1.54, 1.807) is 13.1 Å². The number of halogens is 1. The maximum Gasteiger partial charge on any atom is 0.191 e. The number of nitrogens with zero attached hydrogens (tertiary/aromatic N) is 1. The van der Waals surface area contributed by atoms with E-state index in [0.29, 0.717) is 24.5 Å². The second kappa shape index (κ2) is 8.57. The van der Waals surface area contributed by atoms with Crippen molar-refractivity contribution in [3.8, 4) is 5.75 Å². The molecule has 0 aliphatic carbocycles. The van der Waals surface area contributed by atoms with Gasteiger partial charge in [0, 0.05) is 47.0 Å². The lowest BCUT2D eigenvalue weighted by atomic mass is 9.95. The summed E-state index contributed by atoms with van der Waals surface area (Å²) in [5.41, 5.74) is 3.44. The number of nitrogens with one attached hydrogen (secondary N) is 1. The summed E-state index contributed by atoms with van der Waals surface area (Å²) >= 11 is 0. The fourth-order valence-electron chi connectivity index (χ4n) is 3.70. The highest BCUT2D eigenvalue weighted by atomic mass is 19.1. The van der Waals surface area contributed by atoms with E-state index in [0.717, 1.165) is 28.5 Å². The Labute approximate surface area is 168 Å². The number of carbonyl (C=O) groups excluding carboxylic acids is 1. The number of carbonyl (C=O) groups is 1. The third-order valence-electron chi connectivity index (χ3n) is 5.14. The minimum absolute atomic E-state index is 0.0307. The minimum Gasteiger partial charge on any atom is -0.485 e. The molecule has 2 heterocycles. The van der Waals surface area contributed by atoms with Crippen LogP contribution in [0.5, 0.6) is 5.75 Å². The molecule has 4 rings (SSSR count). The first-order chi connectivity index (χ1) is 14.1. The number of aromatic amines is 1. The number of hydrogen-bond acceptors (Lipinski definition) is 4. The van der Waals surface area contributed by atoms with Crippen molar-refractivity contribution in [3.63, 3.8) is 0 Å². The topological polar surface area (TPSA) is 63.7 Å². The zero-order valence-corrected chi connectivity index (χ0v) is 16.3. The van der Waals surface area contributed by atoms with Gasteiger partial charge in [0.15, 0.2) is 5.78 Å². The van der Waals surface area contributed by atoms with Gasteiger partial charge in [0.25, 0.3) is 0 Å². The Bertz CT molecular complexity index is 1050. The van der Waals surface area contributed by atoms with Gasteiger partial charge in [0.1, 0.15) is 24.7 Å². The molecule has 1 saturated heterocycles. The monoisotopic (exact) mass is 394 g/mol. The molecule has 29 heavy (non-hydrogen) atoms. The van der Waals surface area contributed by atoms with Gasteiger partial charge in [0.2, 0.25) is 0 Å². The number of aryl methyl sites for hydroxylation is 1. The molecular formula is C23H23FN2O3. The molecule has 0 radical (unpaired) electrons. The Morgan fingerprint density at radius 3 is 3.10 bits per heavy atom. The van der Waals surface area contributed by atoms with Crippen molar-refractivity contribution in [2.75, 3.05) is 26.4 Å². The van der Waals surface area contributed by atoms with Gasteiger partial charge >= 0.3 is 0 Å². The van der Waals surface area contributed by atoms with Gasteiger partial charge in [-0.25, -0.2) is 4.39 Å². The van der Waals surface area contributed by atoms with Crippen LogP contribution in [0.1, 0.15) is 29.0 Å². The van der Waals surface area contributed by atoms with E-state index in [1.807, 2.05) is 30.5 Å². The van der Waals surface area contributed by atoms with E-state index in [9.17, 15) is 9.18 Å². The molecule has 1 fully saturated rings. The maximum atomic E-state index is 13.9.